The zero-order valence-corrected chi connectivity index (χ0v) is 39.9. The second kappa shape index (κ2) is 18.1. The van der Waals surface area contributed by atoms with Gasteiger partial charge in [0.05, 0.1) is 16.8 Å². The lowest BCUT2D eigenvalue weighted by molar-refractivity contribution is -0.136. The van der Waals surface area contributed by atoms with Gasteiger partial charge < -0.3 is 19.6 Å². The van der Waals surface area contributed by atoms with Crippen LogP contribution in [0.5, 0.6) is 0 Å². The van der Waals surface area contributed by atoms with Gasteiger partial charge in [-0.25, -0.2) is 0 Å². The van der Waals surface area contributed by atoms with Crippen molar-refractivity contribution in [1.29, 1.82) is 0 Å². The highest BCUT2D eigenvalue weighted by molar-refractivity contribution is 9.10. The molecule has 346 valence electrons. The second-order valence-electron chi connectivity index (χ2n) is 19.4. The number of H-pyrrole nitrogens is 1. The van der Waals surface area contributed by atoms with E-state index in [2.05, 4.69) is 111 Å². The fraction of sp³-hybridized carbons (Fsp3) is 0.392. The standard InChI is InChI=1S/C51H55BrN10O5/c1-30-23-34(5-6-35(30)27-53-47(65)48-55-50(58-67-48)51(2,3)4)45-39-26-33(9-12-41(39)56-57-45)32-7-10-37(11-8-32)60-17-15-38(16-18-60)61-21-19-59(20-22-61)28-31-24-36-29-62(49(66)44(36)40(52)25-31)42-13-14-43(63)54-46(42)64/h5-12,23-26,38,42H,13-22,27-29H2,1-4H3,(H,53,65)(H,56,57)(H,54,63,64). The summed E-state index contributed by atoms with van der Waals surface area (Å²) in [7, 11) is 0. The van der Waals surface area contributed by atoms with Crippen LogP contribution in [-0.2, 0) is 34.6 Å². The van der Waals surface area contributed by atoms with E-state index in [-0.39, 0.29) is 35.4 Å². The predicted octanol–water partition coefficient (Wildman–Crippen LogP) is 7.13. The first-order valence-electron chi connectivity index (χ1n) is 23.2. The predicted molar refractivity (Wildman–Crippen MR) is 258 cm³/mol. The number of fused-ring (bicyclic) bond motifs is 2. The van der Waals surface area contributed by atoms with Gasteiger partial charge in [-0.1, -0.05) is 62.3 Å². The minimum atomic E-state index is -0.620. The van der Waals surface area contributed by atoms with Crippen molar-refractivity contribution in [2.24, 2.45) is 0 Å². The molecule has 4 aliphatic rings. The molecule has 0 radical (unpaired) electrons. The lowest BCUT2D eigenvalue weighted by atomic mass is 9.96. The van der Waals surface area contributed by atoms with Gasteiger partial charge in [-0.2, -0.15) is 10.1 Å². The van der Waals surface area contributed by atoms with Crippen molar-refractivity contribution >= 4 is 56.1 Å². The molecule has 1 unspecified atom stereocenters. The summed E-state index contributed by atoms with van der Waals surface area (Å²) in [6.07, 6.45) is 2.86. The number of hydrogen-bond acceptors (Lipinski definition) is 11. The van der Waals surface area contributed by atoms with Gasteiger partial charge in [0.1, 0.15) is 6.04 Å². The average molecular weight is 968 g/mol. The monoisotopic (exact) mass is 966 g/mol. The maximum Gasteiger partial charge on any atom is 0.315 e. The number of carbonyl (C=O) groups excluding carboxylic acids is 4. The summed E-state index contributed by atoms with van der Waals surface area (Å²) < 4.78 is 5.97. The van der Waals surface area contributed by atoms with Crippen LogP contribution in [0.25, 0.3) is 33.3 Å². The van der Waals surface area contributed by atoms with Crippen LogP contribution in [0.4, 0.5) is 5.69 Å². The molecule has 10 rings (SSSR count). The fourth-order valence-electron chi connectivity index (χ4n) is 10.0. The van der Waals surface area contributed by atoms with Gasteiger partial charge in [0, 0.05) is 97.9 Å². The van der Waals surface area contributed by atoms with Crippen LogP contribution in [-0.4, -0.2) is 110 Å². The molecule has 4 aromatic carbocycles. The number of nitrogens with one attached hydrogen (secondary N) is 3. The van der Waals surface area contributed by atoms with Gasteiger partial charge in [0.15, 0.2) is 5.82 Å². The van der Waals surface area contributed by atoms with Crippen LogP contribution < -0.4 is 15.5 Å². The molecule has 4 amide bonds. The maximum atomic E-state index is 13.3. The lowest BCUT2D eigenvalue weighted by Crippen LogP contribution is -2.53. The summed E-state index contributed by atoms with van der Waals surface area (Å²) in [6, 6.07) is 25.7. The number of hydrogen-bond donors (Lipinski definition) is 3. The highest BCUT2D eigenvalue weighted by Crippen LogP contribution is 2.36. The van der Waals surface area contributed by atoms with Crippen molar-refractivity contribution in [3.8, 4) is 22.4 Å². The summed E-state index contributed by atoms with van der Waals surface area (Å²) in [5.74, 6) is -0.780. The number of piperidine rings is 2. The minimum absolute atomic E-state index is 0.0406. The third-order valence-electron chi connectivity index (χ3n) is 13.9. The van der Waals surface area contributed by atoms with Crippen molar-refractivity contribution in [2.75, 3.05) is 44.2 Å². The number of carbonyl (C=O) groups is 4. The van der Waals surface area contributed by atoms with Crippen LogP contribution in [0.3, 0.4) is 0 Å². The molecule has 6 aromatic rings. The average Bonchev–Trinajstić information content (AvgIpc) is 4.07. The number of aromatic nitrogens is 4. The van der Waals surface area contributed by atoms with E-state index < -0.39 is 11.9 Å². The van der Waals surface area contributed by atoms with E-state index in [1.807, 2.05) is 45.9 Å². The van der Waals surface area contributed by atoms with E-state index in [9.17, 15) is 19.2 Å². The first kappa shape index (κ1) is 44.6. The Labute approximate surface area is 397 Å². The molecule has 0 aliphatic carbocycles. The van der Waals surface area contributed by atoms with E-state index >= 15 is 0 Å². The molecule has 0 spiro atoms. The number of aromatic amines is 1. The molecule has 67 heavy (non-hydrogen) atoms. The number of imide groups is 1. The Bertz CT molecular complexity index is 2890. The Balaban J connectivity index is 0.711. The van der Waals surface area contributed by atoms with Crippen molar-refractivity contribution in [3.05, 3.63) is 117 Å². The van der Waals surface area contributed by atoms with Crippen molar-refractivity contribution in [2.45, 2.75) is 90.5 Å². The first-order valence-corrected chi connectivity index (χ1v) is 24.0. The largest absolute Gasteiger partial charge is 0.371 e. The van der Waals surface area contributed by atoms with Gasteiger partial charge >= 0.3 is 11.8 Å². The number of anilines is 1. The van der Waals surface area contributed by atoms with Gasteiger partial charge in [-0.3, -0.25) is 39.4 Å². The van der Waals surface area contributed by atoms with Crippen LogP contribution in [0.2, 0.25) is 0 Å². The molecular weight excluding hydrogens is 913 g/mol. The first-order chi connectivity index (χ1) is 32.2. The molecule has 0 saturated carbocycles. The van der Waals surface area contributed by atoms with Crippen LogP contribution >= 0.6 is 15.9 Å². The second-order valence-corrected chi connectivity index (χ2v) is 20.3. The Hall–Kier alpha value is -6.23. The van der Waals surface area contributed by atoms with Gasteiger partial charge in [0.2, 0.25) is 11.8 Å². The Kier molecular flexibility index (Phi) is 12.1. The molecule has 1 atom stereocenters. The SMILES string of the molecule is Cc1cc(-c2n[nH]c3ccc(-c4ccc(N5CCC(N6CCN(Cc7cc(Br)c8c(c7)CN(C7CCC(=O)NC7=O)C8=O)CC6)CC5)cc4)cc23)ccc1CNC(=O)c1nc(C(C)(C)C)no1. The van der Waals surface area contributed by atoms with Crippen molar-refractivity contribution in [3.63, 3.8) is 0 Å². The molecule has 3 N–H and O–H groups in total. The Morgan fingerprint density at radius 1 is 0.881 bits per heavy atom. The zero-order chi connectivity index (χ0) is 46.6. The normalized spacial score (nSPS) is 18.8. The number of benzene rings is 4. The van der Waals surface area contributed by atoms with E-state index in [1.54, 1.807) is 4.90 Å². The summed E-state index contributed by atoms with van der Waals surface area (Å²) in [6.45, 7) is 15.5. The van der Waals surface area contributed by atoms with Gasteiger partial charge in [0.25, 0.3) is 5.91 Å². The van der Waals surface area contributed by atoms with Crippen LogP contribution in [0, 0.1) is 6.92 Å². The topological polar surface area (TPSA) is 173 Å². The van der Waals surface area contributed by atoms with Crippen LogP contribution in [0.15, 0.2) is 81.8 Å². The smallest absolute Gasteiger partial charge is 0.315 e. The Morgan fingerprint density at radius 3 is 2.34 bits per heavy atom. The number of aryl methyl sites for hydroxylation is 1. The molecule has 3 saturated heterocycles. The molecule has 0 bridgehead atoms. The van der Waals surface area contributed by atoms with E-state index in [0.29, 0.717) is 36.9 Å². The number of rotatable bonds is 10. The molecule has 16 heteroatoms. The molecule has 3 fully saturated rings. The summed E-state index contributed by atoms with van der Waals surface area (Å²) in [4.78, 5) is 63.9. The minimum Gasteiger partial charge on any atom is -0.371 e. The van der Waals surface area contributed by atoms with Crippen LogP contribution in [0.1, 0.15) is 95.6 Å². The number of piperazine rings is 1. The molecular formula is C51H55BrN10O5. The zero-order valence-electron chi connectivity index (χ0n) is 38.3. The fourth-order valence-corrected chi connectivity index (χ4v) is 10.8. The van der Waals surface area contributed by atoms with Gasteiger partial charge in [-0.15, -0.1) is 0 Å². The third-order valence-corrected chi connectivity index (χ3v) is 14.5. The molecule has 15 nitrogen and oxygen atoms in total. The number of halogens is 1. The van der Waals surface area contributed by atoms with E-state index in [4.69, 9.17) is 9.62 Å². The highest BCUT2D eigenvalue weighted by Gasteiger charge is 2.40. The Morgan fingerprint density at radius 2 is 1.63 bits per heavy atom. The maximum absolute atomic E-state index is 13.3. The van der Waals surface area contributed by atoms with Crippen molar-refractivity contribution < 1.29 is 23.7 Å². The molecule has 4 aliphatic heterocycles. The lowest BCUT2D eigenvalue weighted by Gasteiger charge is -2.43. The van der Waals surface area contributed by atoms with Crippen molar-refractivity contribution in [1.82, 2.24) is 45.7 Å². The number of nitrogens with zero attached hydrogens (tertiary/aromatic N) is 7. The molecule has 2 aromatic heterocycles. The van der Waals surface area contributed by atoms with Gasteiger partial charge in [-0.05, 0) is 112 Å². The quantitative estimate of drug-likeness (QED) is 0.119. The van der Waals surface area contributed by atoms with E-state index in [1.165, 1.54) is 5.69 Å². The third kappa shape index (κ3) is 9.14. The summed E-state index contributed by atoms with van der Waals surface area (Å²) >= 11 is 3.66. The highest BCUT2D eigenvalue weighted by atomic mass is 79.9. The number of amides is 4. The molecule has 6 heterocycles. The summed E-state index contributed by atoms with van der Waals surface area (Å²) in [5.41, 5.74) is 10.8. The summed E-state index contributed by atoms with van der Waals surface area (Å²) in [5, 5.41) is 18.2. The van der Waals surface area contributed by atoms with E-state index in [0.717, 1.165) is 119 Å².